The zero-order valence-electron chi connectivity index (χ0n) is 51.6. The van der Waals surface area contributed by atoms with Gasteiger partial charge in [-0.15, -0.1) is 0 Å². The standard InChI is InChI=1S/C70H83FN10O8S/c1-6-90-46(2)51-25-26-52(41-76-66(85)56-40-55(83)43-79(56)67(86)63(69(3,4)5)78-68(87)70(71)32-33-70)57(39-51)89-44-58(72)74-35-37-88-36-31-59(84)75-34-16-8-7-11-18-47-19-17-20-48(38-47)42-80-62(50-23-14-10-15-24-50)60(49-21-12-9-13-22-49)61-64(73)81(45-77-65(61)80)53-27-29-54(82)30-28-53/h6,9-10,12-15,17,19-26,38-39,45,53-56,63,73,82-83H,1-2,7-8,16,27-37,40-44H2,3-5H3,(H2,72,74)(H,75,84)(H,76,85)(H,78,87)/t53?,54?,55-,56+,63-/m1/s1. The first-order valence-corrected chi connectivity index (χ1v) is 31.9. The van der Waals surface area contributed by atoms with Gasteiger partial charge in [0.05, 0.1) is 49.4 Å². The fraction of sp³-hybridized carbons (Fsp3) is 0.414. The van der Waals surface area contributed by atoms with Gasteiger partial charge in [0.25, 0.3) is 5.91 Å². The third kappa shape index (κ3) is 16.9. The number of nitrogens with two attached hydrogens (primary N) is 1. The third-order valence-electron chi connectivity index (χ3n) is 16.6. The zero-order valence-corrected chi connectivity index (χ0v) is 52.5. The Morgan fingerprint density at radius 1 is 0.944 bits per heavy atom. The number of aliphatic imine (C=N–C) groups is 1. The predicted octanol–water partition coefficient (Wildman–Crippen LogP) is 9.11. The highest BCUT2D eigenvalue weighted by atomic mass is 32.2. The average molecular weight is 1240 g/mol. The molecule has 2 aliphatic carbocycles. The van der Waals surface area contributed by atoms with E-state index in [9.17, 15) is 39.2 Å². The number of hydrogen-bond donors (Lipinski definition) is 7. The summed E-state index contributed by atoms with van der Waals surface area (Å²) in [5, 5.41) is 41.5. The molecule has 2 saturated carbocycles. The number of aliphatic hydroxyl groups excluding tert-OH is 2. The van der Waals surface area contributed by atoms with Crippen molar-refractivity contribution >= 4 is 57.2 Å². The van der Waals surface area contributed by atoms with Gasteiger partial charge in [0.1, 0.15) is 41.4 Å². The lowest BCUT2D eigenvalue weighted by Crippen LogP contribution is -2.59. The second-order valence-corrected chi connectivity index (χ2v) is 25.5. The summed E-state index contributed by atoms with van der Waals surface area (Å²) >= 11 is 1.34. The molecular formula is C70H83FN10O8S. The van der Waals surface area contributed by atoms with E-state index in [0.717, 1.165) is 75.8 Å². The normalized spacial score (nSPS) is 18.2. The van der Waals surface area contributed by atoms with Crippen molar-refractivity contribution in [2.24, 2.45) is 16.1 Å². The molecule has 4 aromatic carbocycles. The molecule has 3 fully saturated rings. The van der Waals surface area contributed by atoms with Crippen LogP contribution in [-0.2, 0) is 37.0 Å². The van der Waals surface area contributed by atoms with E-state index in [-0.39, 0.29) is 89.0 Å². The van der Waals surface area contributed by atoms with Gasteiger partial charge in [-0.1, -0.05) is 142 Å². The lowest BCUT2D eigenvalue weighted by Gasteiger charge is -2.35. The van der Waals surface area contributed by atoms with E-state index in [1.54, 1.807) is 38.3 Å². The molecule has 6 aromatic rings. The molecule has 0 bridgehead atoms. The number of halogens is 1. The van der Waals surface area contributed by atoms with Crippen LogP contribution in [0.2, 0.25) is 0 Å². The van der Waals surface area contributed by atoms with E-state index in [0.29, 0.717) is 54.1 Å². The predicted molar refractivity (Wildman–Crippen MR) is 350 cm³/mol. The van der Waals surface area contributed by atoms with Crippen molar-refractivity contribution in [3.05, 3.63) is 156 Å². The monoisotopic (exact) mass is 1240 g/mol. The number of amides is 4. The van der Waals surface area contributed by atoms with E-state index in [4.69, 9.17) is 20.2 Å². The molecule has 3 aliphatic rings. The van der Waals surface area contributed by atoms with Gasteiger partial charge in [-0.25, -0.2) is 9.37 Å². The van der Waals surface area contributed by atoms with Crippen LogP contribution in [0.4, 0.5) is 4.39 Å². The molecule has 9 rings (SSSR count). The van der Waals surface area contributed by atoms with E-state index < -0.39 is 47.0 Å². The van der Waals surface area contributed by atoms with Crippen LogP contribution in [0, 0.1) is 22.7 Å². The number of nitrogens with one attached hydrogen (secondary N) is 4. The number of β-amino-alcohol motifs (C(OH)–C–C–N with tert-alkyl or cyclic N) is 1. The number of fused-ring (bicyclic) bond motifs is 1. The molecule has 1 aliphatic heterocycles. The van der Waals surface area contributed by atoms with Crippen molar-refractivity contribution in [3.63, 3.8) is 0 Å². The summed E-state index contributed by atoms with van der Waals surface area (Å²) in [6.07, 6.45) is 6.09. The molecule has 90 heavy (non-hydrogen) atoms. The van der Waals surface area contributed by atoms with Crippen molar-refractivity contribution < 1.29 is 43.3 Å². The minimum atomic E-state index is -2.00. The minimum Gasteiger partial charge on any atom is -0.485 e. The van der Waals surface area contributed by atoms with Gasteiger partial charge >= 0.3 is 0 Å². The molecule has 0 spiro atoms. The fourth-order valence-corrected chi connectivity index (χ4v) is 11.9. The highest BCUT2D eigenvalue weighted by Gasteiger charge is 2.53. The van der Waals surface area contributed by atoms with Gasteiger partial charge in [-0.2, -0.15) is 0 Å². The van der Waals surface area contributed by atoms with Crippen LogP contribution in [-0.4, -0.2) is 128 Å². The maximum absolute atomic E-state index is 14.7. The lowest BCUT2D eigenvalue weighted by atomic mass is 9.85. The number of benzene rings is 4. The summed E-state index contributed by atoms with van der Waals surface area (Å²) in [7, 11) is 0. The Hall–Kier alpha value is -8.35. The molecule has 20 heteroatoms. The molecule has 0 unspecified atom stereocenters. The number of unbranched alkanes of at least 4 members (excludes halogenated alkanes) is 2. The molecule has 18 nitrogen and oxygen atoms in total. The SMILES string of the molecule is C=CSC(=C)c1ccc(CNC(=O)[C@@H]2C[C@@H](O)CN2C(=O)[C@@H](NC(=O)C2(F)CC2)C(C)(C)C)c(OCC(N)=NCCOCCC(=O)NCCCCC#Cc2cccc(Cn3c(-c4ccccc4)c(-c4ccccc4)c4c(=N)n(C5CCC(O)CC5)cnc43)c2)c1. The van der Waals surface area contributed by atoms with Crippen LogP contribution in [0.15, 0.2) is 133 Å². The largest absolute Gasteiger partial charge is 0.485 e. The van der Waals surface area contributed by atoms with Crippen molar-refractivity contribution in [2.45, 2.75) is 140 Å². The number of hydrogen-bond acceptors (Lipinski definition) is 12. The van der Waals surface area contributed by atoms with Crippen LogP contribution in [0.3, 0.4) is 0 Å². The second kappa shape index (κ2) is 30.4. The van der Waals surface area contributed by atoms with Crippen molar-refractivity contribution in [3.8, 4) is 40.0 Å². The molecule has 2 aromatic heterocycles. The van der Waals surface area contributed by atoms with E-state index >= 15 is 0 Å². The van der Waals surface area contributed by atoms with Gasteiger partial charge in [0, 0.05) is 73.1 Å². The highest BCUT2D eigenvalue weighted by molar-refractivity contribution is 8.10. The summed E-state index contributed by atoms with van der Waals surface area (Å²) in [5.74, 6) is 5.18. The van der Waals surface area contributed by atoms with E-state index in [2.05, 4.69) is 86.9 Å². The highest BCUT2D eigenvalue weighted by Crippen LogP contribution is 2.42. The summed E-state index contributed by atoms with van der Waals surface area (Å²) in [6.45, 7) is 14.6. The Morgan fingerprint density at radius 3 is 2.39 bits per heavy atom. The summed E-state index contributed by atoms with van der Waals surface area (Å²) in [5.41, 5.74) is 11.9. The number of aliphatic hydroxyl groups is 2. The maximum atomic E-state index is 14.7. The van der Waals surface area contributed by atoms with Crippen molar-refractivity contribution in [1.82, 2.24) is 35.0 Å². The first-order chi connectivity index (χ1) is 43.3. The van der Waals surface area contributed by atoms with Crippen molar-refractivity contribution in [2.75, 3.05) is 39.5 Å². The van der Waals surface area contributed by atoms with Crippen molar-refractivity contribution in [1.29, 1.82) is 5.41 Å². The summed E-state index contributed by atoms with van der Waals surface area (Å²) in [6, 6.07) is 32.1. The average Bonchev–Trinajstić information content (AvgIpc) is 1.58. The number of amidine groups is 1. The quantitative estimate of drug-likeness (QED) is 0.0111. The zero-order chi connectivity index (χ0) is 64.0. The van der Waals surface area contributed by atoms with Gasteiger partial charge in [0.2, 0.25) is 17.7 Å². The maximum Gasteiger partial charge on any atom is 0.258 e. The van der Waals surface area contributed by atoms with E-state index in [1.807, 2.05) is 65.5 Å². The number of nitrogens with zero attached hydrogens (tertiary/aromatic N) is 5. The summed E-state index contributed by atoms with van der Waals surface area (Å²) < 4.78 is 30.8. The number of alkyl halides is 1. The molecular weight excluding hydrogens is 1160 g/mol. The minimum absolute atomic E-state index is 0.00883. The molecule has 474 valence electrons. The number of carbonyl (C=O) groups is 4. The third-order valence-corrected chi connectivity index (χ3v) is 17.3. The van der Waals surface area contributed by atoms with Gasteiger partial charge in [-0.05, 0) is 103 Å². The Bertz CT molecular complexity index is 3710. The Morgan fingerprint density at radius 2 is 1.68 bits per heavy atom. The lowest BCUT2D eigenvalue weighted by molar-refractivity contribution is -0.145. The van der Waals surface area contributed by atoms with Crippen LogP contribution >= 0.6 is 11.8 Å². The Balaban J connectivity index is 0.717. The summed E-state index contributed by atoms with van der Waals surface area (Å²) in [4.78, 5) is 64.6. The Kier molecular flexibility index (Phi) is 22.3. The van der Waals surface area contributed by atoms with Crippen LogP contribution < -0.4 is 31.9 Å². The van der Waals surface area contributed by atoms with Gasteiger partial charge in [0.15, 0.2) is 5.67 Å². The van der Waals surface area contributed by atoms with E-state index in [1.165, 1.54) is 16.7 Å². The van der Waals surface area contributed by atoms with Crippen LogP contribution in [0.25, 0.3) is 38.3 Å². The first kappa shape index (κ1) is 66.1. The number of carbonyl (C=O) groups excluding carboxylic acids is 4. The second-order valence-electron chi connectivity index (χ2n) is 24.4. The van der Waals surface area contributed by atoms with Crippen LogP contribution in [0.1, 0.15) is 120 Å². The molecule has 3 atom stereocenters. The molecule has 8 N–H and O–H groups in total. The molecule has 3 heterocycles. The number of likely N-dealkylation sites (tertiary alicyclic amines) is 1. The molecule has 0 radical (unpaired) electrons. The van der Waals surface area contributed by atoms with Gasteiger partial charge in [-0.3, -0.25) is 29.6 Å². The number of thioether (sulfide) groups is 1. The molecule has 1 saturated heterocycles. The number of aromatic nitrogens is 3. The smallest absolute Gasteiger partial charge is 0.258 e. The van der Waals surface area contributed by atoms with Gasteiger partial charge < -0.3 is 55.4 Å². The number of rotatable bonds is 27. The topological polar surface area (TPSA) is 252 Å². The first-order valence-electron chi connectivity index (χ1n) is 31.0. The van der Waals surface area contributed by atoms with Crippen LogP contribution in [0.5, 0.6) is 5.75 Å². The number of ether oxygens (including phenoxy) is 2. The molecule has 4 amide bonds. The Labute approximate surface area is 530 Å². The fourth-order valence-electron chi connectivity index (χ4n) is 11.5.